The number of hydrogen-bond donors (Lipinski definition) is 3. The molecule has 1 rings (SSSR count). The number of hydrogen-bond acceptors (Lipinski definition) is 6. The third-order valence-corrected chi connectivity index (χ3v) is 5.00. The lowest BCUT2D eigenvalue weighted by Gasteiger charge is -2.27. The Bertz CT molecular complexity index is 565. The summed E-state index contributed by atoms with van der Waals surface area (Å²) in [7, 11) is 1.25. The van der Waals surface area contributed by atoms with Gasteiger partial charge >= 0.3 is 18.0 Å². The summed E-state index contributed by atoms with van der Waals surface area (Å²) in [6, 6.07) is -0.850. The van der Waals surface area contributed by atoms with Gasteiger partial charge in [0.15, 0.2) is 0 Å². The van der Waals surface area contributed by atoms with Crippen molar-refractivity contribution in [3.63, 3.8) is 0 Å². The highest BCUT2D eigenvalue weighted by Crippen LogP contribution is 2.26. The van der Waals surface area contributed by atoms with Gasteiger partial charge in [0.2, 0.25) is 5.91 Å². The van der Waals surface area contributed by atoms with Gasteiger partial charge in [-0.05, 0) is 50.9 Å². The molecule has 2 amide bonds. The molecule has 3 unspecified atom stereocenters. The summed E-state index contributed by atoms with van der Waals surface area (Å²) in [5.74, 6) is -3.56. The molecule has 1 aliphatic rings. The van der Waals surface area contributed by atoms with Crippen LogP contribution in [0.2, 0.25) is 0 Å². The number of carboxylic acids is 1. The summed E-state index contributed by atoms with van der Waals surface area (Å²) in [6.45, 7) is 4.45. The van der Waals surface area contributed by atoms with Crippen molar-refractivity contribution in [3.05, 3.63) is 0 Å². The zero-order valence-electron chi connectivity index (χ0n) is 17.6. The molecule has 29 heavy (non-hydrogen) atoms. The highest BCUT2D eigenvalue weighted by molar-refractivity contribution is 5.88. The molecule has 3 N–H and O–H groups in total. The minimum Gasteiger partial charge on any atom is -0.481 e. The second kappa shape index (κ2) is 13.0. The van der Waals surface area contributed by atoms with Crippen molar-refractivity contribution in [3.8, 4) is 0 Å². The molecule has 0 spiro atoms. The molecule has 0 aliphatic carbocycles. The van der Waals surface area contributed by atoms with Crippen LogP contribution in [0.4, 0.5) is 4.79 Å². The van der Waals surface area contributed by atoms with Crippen molar-refractivity contribution < 1.29 is 33.8 Å². The van der Waals surface area contributed by atoms with E-state index >= 15 is 0 Å². The Morgan fingerprint density at radius 3 is 2.48 bits per heavy atom. The summed E-state index contributed by atoms with van der Waals surface area (Å²) in [5, 5.41) is 15.1. The zero-order chi connectivity index (χ0) is 21.8. The highest BCUT2D eigenvalue weighted by Gasteiger charge is 2.35. The van der Waals surface area contributed by atoms with Crippen molar-refractivity contribution >= 4 is 23.9 Å². The molecule has 1 aliphatic heterocycles. The van der Waals surface area contributed by atoms with Gasteiger partial charge < -0.3 is 25.2 Å². The summed E-state index contributed by atoms with van der Waals surface area (Å²) in [6.07, 6.45) is 2.70. The first-order chi connectivity index (χ1) is 13.8. The SMILES string of the molecule is COC(=O)C1CCCCNC(=O)OCCCCC(C(=O)O)C(CC(C)C)C(=O)N1. The topological polar surface area (TPSA) is 131 Å². The predicted octanol–water partition coefficient (Wildman–Crippen LogP) is 2.09. The number of alkyl carbamates (subject to hydrolysis) is 1. The van der Waals surface area contributed by atoms with Gasteiger partial charge in [-0.2, -0.15) is 0 Å². The van der Waals surface area contributed by atoms with Crippen LogP contribution >= 0.6 is 0 Å². The van der Waals surface area contributed by atoms with Crippen molar-refractivity contribution in [1.82, 2.24) is 10.6 Å². The summed E-state index contributed by atoms with van der Waals surface area (Å²) >= 11 is 0. The maximum absolute atomic E-state index is 13.0. The first kappa shape index (κ1) is 24.7. The van der Waals surface area contributed by atoms with Crippen LogP contribution in [-0.4, -0.2) is 55.3 Å². The van der Waals surface area contributed by atoms with Crippen LogP contribution in [0.3, 0.4) is 0 Å². The molecule has 1 fully saturated rings. The maximum Gasteiger partial charge on any atom is 0.407 e. The Hall–Kier alpha value is -2.32. The second-order valence-corrected chi connectivity index (χ2v) is 7.82. The number of nitrogens with one attached hydrogen (secondary N) is 2. The number of carboxylic acid groups (broad SMARTS) is 1. The third-order valence-electron chi connectivity index (χ3n) is 5.00. The lowest BCUT2D eigenvalue weighted by Crippen LogP contribution is -2.47. The van der Waals surface area contributed by atoms with E-state index in [0.717, 1.165) is 0 Å². The number of rotatable bonds is 4. The second-order valence-electron chi connectivity index (χ2n) is 7.82. The van der Waals surface area contributed by atoms with E-state index in [4.69, 9.17) is 9.47 Å². The Kier molecular flexibility index (Phi) is 11.1. The van der Waals surface area contributed by atoms with E-state index in [1.807, 2.05) is 13.8 Å². The quantitative estimate of drug-likeness (QED) is 0.600. The number of ether oxygens (including phenoxy) is 2. The molecule has 166 valence electrons. The molecule has 0 radical (unpaired) electrons. The van der Waals surface area contributed by atoms with E-state index in [1.54, 1.807) is 0 Å². The molecule has 1 saturated heterocycles. The van der Waals surface area contributed by atoms with E-state index in [0.29, 0.717) is 45.1 Å². The maximum atomic E-state index is 13.0. The molecule has 0 saturated carbocycles. The highest BCUT2D eigenvalue weighted by atomic mass is 16.5. The van der Waals surface area contributed by atoms with Crippen LogP contribution in [0.25, 0.3) is 0 Å². The number of amides is 2. The van der Waals surface area contributed by atoms with Gasteiger partial charge in [-0.25, -0.2) is 9.59 Å². The van der Waals surface area contributed by atoms with Crippen LogP contribution in [0, 0.1) is 17.8 Å². The lowest BCUT2D eigenvalue weighted by atomic mass is 9.81. The van der Waals surface area contributed by atoms with Gasteiger partial charge in [-0.3, -0.25) is 9.59 Å². The van der Waals surface area contributed by atoms with E-state index < -0.39 is 41.8 Å². The largest absolute Gasteiger partial charge is 0.481 e. The monoisotopic (exact) mass is 414 g/mol. The Morgan fingerprint density at radius 1 is 1.17 bits per heavy atom. The van der Waals surface area contributed by atoms with Gasteiger partial charge in [0, 0.05) is 6.54 Å². The number of carbonyl (C=O) groups excluding carboxylic acids is 3. The summed E-state index contributed by atoms with van der Waals surface area (Å²) in [4.78, 5) is 48.6. The fourth-order valence-corrected chi connectivity index (χ4v) is 3.47. The first-order valence-corrected chi connectivity index (χ1v) is 10.3. The van der Waals surface area contributed by atoms with E-state index in [2.05, 4.69) is 10.6 Å². The van der Waals surface area contributed by atoms with E-state index in [9.17, 15) is 24.3 Å². The van der Waals surface area contributed by atoms with Gasteiger partial charge in [0.25, 0.3) is 0 Å². The van der Waals surface area contributed by atoms with Gasteiger partial charge in [0.05, 0.1) is 25.6 Å². The van der Waals surface area contributed by atoms with E-state index in [1.165, 1.54) is 7.11 Å². The normalized spacial score (nSPS) is 25.4. The molecular weight excluding hydrogens is 380 g/mol. The minimum atomic E-state index is -1.04. The predicted molar refractivity (Wildman–Crippen MR) is 105 cm³/mol. The Morgan fingerprint density at radius 2 is 1.86 bits per heavy atom. The van der Waals surface area contributed by atoms with Crippen molar-refractivity contribution in [2.45, 2.75) is 64.8 Å². The Labute approximate surface area is 171 Å². The van der Waals surface area contributed by atoms with Crippen molar-refractivity contribution in [1.29, 1.82) is 0 Å². The number of carbonyl (C=O) groups is 4. The van der Waals surface area contributed by atoms with Gasteiger partial charge in [0.1, 0.15) is 6.04 Å². The zero-order valence-corrected chi connectivity index (χ0v) is 17.6. The number of aliphatic carboxylic acids is 1. The van der Waals surface area contributed by atoms with Crippen LogP contribution < -0.4 is 10.6 Å². The van der Waals surface area contributed by atoms with Crippen LogP contribution in [0.1, 0.15) is 58.8 Å². The van der Waals surface area contributed by atoms with E-state index in [-0.39, 0.29) is 18.9 Å². The minimum absolute atomic E-state index is 0.113. The number of esters is 1. The molecule has 9 nitrogen and oxygen atoms in total. The van der Waals surface area contributed by atoms with Crippen LogP contribution in [0.15, 0.2) is 0 Å². The fraction of sp³-hybridized carbons (Fsp3) is 0.800. The van der Waals surface area contributed by atoms with Crippen molar-refractivity contribution in [2.75, 3.05) is 20.3 Å². The van der Waals surface area contributed by atoms with Gasteiger partial charge in [-0.1, -0.05) is 13.8 Å². The Balaban J connectivity index is 3.03. The first-order valence-electron chi connectivity index (χ1n) is 10.3. The average Bonchev–Trinajstić information content (AvgIpc) is 2.66. The molecule has 1 heterocycles. The summed E-state index contributed by atoms with van der Waals surface area (Å²) < 4.78 is 9.87. The van der Waals surface area contributed by atoms with Crippen molar-refractivity contribution in [2.24, 2.45) is 17.8 Å². The molecule has 3 atom stereocenters. The number of methoxy groups -OCH3 is 1. The molecule has 9 heteroatoms. The average molecular weight is 414 g/mol. The summed E-state index contributed by atoms with van der Waals surface area (Å²) in [5.41, 5.74) is 0. The van der Waals surface area contributed by atoms with Gasteiger partial charge in [-0.15, -0.1) is 0 Å². The van der Waals surface area contributed by atoms with Crippen LogP contribution in [-0.2, 0) is 23.9 Å². The molecule has 0 bridgehead atoms. The lowest BCUT2D eigenvalue weighted by molar-refractivity contribution is -0.150. The fourth-order valence-electron chi connectivity index (χ4n) is 3.47. The smallest absolute Gasteiger partial charge is 0.407 e. The molecule has 0 aromatic carbocycles. The van der Waals surface area contributed by atoms with Crippen LogP contribution in [0.5, 0.6) is 0 Å². The molecule has 0 aromatic rings. The third kappa shape index (κ3) is 9.15. The molecular formula is C20H34N2O7. The molecule has 0 aromatic heterocycles. The number of cyclic esters (lactones) is 1. The standard InChI is InChI=1S/C20H34N2O7/c1-13(2)12-15-14(18(24)25)8-5-7-11-29-20(27)21-10-6-4-9-16(19(26)28-3)22-17(15)23/h13-16H,4-12H2,1-3H3,(H,21,27)(H,22,23)(H,24,25).